The lowest BCUT2D eigenvalue weighted by Gasteiger charge is -2.22. The van der Waals surface area contributed by atoms with Crippen LogP contribution in [0.15, 0.2) is 30.3 Å². The number of rotatable bonds is 6. The van der Waals surface area contributed by atoms with Gasteiger partial charge in [0.25, 0.3) is 0 Å². The van der Waals surface area contributed by atoms with E-state index >= 15 is 0 Å². The number of anilines is 1. The Bertz CT molecular complexity index is 296. The van der Waals surface area contributed by atoms with Gasteiger partial charge in [-0.2, -0.15) is 0 Å². The lowest BCUT2D eigenvalue weighted by Crippen LogP contribution is -2.25. The van der Waals surface area contributed by atoms with E-state index in [0.29, 0.717) is 6.10 Å². The molecule has 3 nitrogen and oxygen atoms in total. The summed E-state index contributed by atoms with van der Waals surface area (Å²) < 4.78 is 11.2. The smallest absolute Gasteiger partial charge is 0.0808 e. The summed E-state index contributed by atoms with van der Waals surface area (Å²) in [4.78, 5) is 0. The zero-order valence-corrected chi connectivity index (χ0v) is 10.2. The van der Waals surface area contributed by atoms with Crippen molar-refractivity contribution in [3.8, 4) is 0 Å². The minimum atomic E-state index is 0.320. The predicted molar refractivity (Wildman–Crippen MR) is 69.3 cm³/mol. The first-order chi connectivity index (χ1) is 8.45. The lowest BCUT2D eigenvalue weighted by molar-refractivity contribution is -0.0387. The average molecular weight is 235 g/mol. The Labute approximate surface area is 103 Å². The van der Waals surface area contributed by atoms with Gasteiger partial charge in [0.05, 0.1) is 19.3 Å². The van der Waals surface area contributed by atoms with Crippen LogP contribution in [0.3, 0.4) is 0 Å². The van der Waals surface area contributed by atoms with E-state index in [1.165, 1.54) is 12.8 Å². The highest BCUT2D eigenvalue weighted by Crippen LogP contribution is 2.12. The molecule has 1 aliphatic rings. The number of ether oxygens (including phenoxy) is 2. The van der Waals surface area contributed by atoms with Crippen molar-refractivity contribution in [3.63, 3.8) is 0 Å². The Balaban J connectivity index is 1.51. The highest BCUT2D eigenvalue weighted by molar-refractivity contribution is 5.42. The molecule has 1 N–H and O–H groups in total. The fraction of sp³-hybridized carbons (Fsp3) is 0.571. The van der Waals surface area contributed by atoms with Gasteiger partial charge in [-0.3, -0.25) is 0 Å². The van der Waals surface area contributed by atoms with Crippen molar-refractivity contribution in [1.82, 2.24) is 0 Å². The standard InChI is InChI=1S/C14H21NO2/c1-2-6-13(7-3-1)15-9-11-16-12-14-8-4-5-10-17-14/h1-3,6-7,14-15H,4-5,8-12H2. The number of hydrogen-bond donors (Lipinski definition) is 1. The van der Waals surface area contributed by atoms with Crippen LogP contribution >= 0.6 is 0 Å². The molecule has 0 bridgehead atoms. The van der Waals surface area contributed by atoms with Crippen LogP contribution in [-0.4, -0.2) is 32.5 Å². The molecule has 0 aliphatic carbocycles. The van der Waals surface area contributed by atoms with Crippen LogP contribution < -0.4 is 5.32 Å². The predicted octanol–water partition coefficient (Wildman–Crippen LogP) is 2.68. The third-order valence-electron chi connectivity index (χ3n) is 2.93. The van der Waals surface area contributed by atoms with Crippen molar-refractivity contribution < 1.29 is 9.47 Å². The largest absolute Gasteiger partial charge is 0.383 e. The SMILES string of the molecule is c1ccc(NCCOCC2CCCCO2)cc1. The van der Waals surface area contributed by atoms with Gasteiger partial charge in [-0.15, -0.1) is 0 Å². The van der Waals surface area contributed by atoms with Crippen LogP contribution in [0.2, 0.25) is 0 Å². The molecule has 0 aromatic heterocycles. The molecule has 94 valence electrons. The molecule has 1 aliphatic heterocycles. The summed E-state index contributed by atoms with van der Waals surface area (Å²) in [6, 6.07) is 10.2. The number of benzene rings is 1. The van der Waals surface area contributed by atoms with Crippen LogP contribution in [-0.2, 0) is 9.47 Å². The summed E-state index contributed by atoms with van der Waals surface area (Å²) in [5.74, 6) is 0. The molecule has 0 spiro atoms. The monoisotopic (exact) mass is 235 g/mol. The Hall–Kier alpha value is -1.06. The molecule has 0 saturated carbocycles. The van der Waals surface area contributed by atoms with Gasteiger partial charge in [-0.25, -0.2) is 0 Å². The Morgan fingerprint density at radius 2 is 2.12 bits per heavy atom. The Morgan fingerprint density at radius 3 is 2.88 bits per heavy atom. The molecule has 2 rings (SSSR count). The van der Waals surface area contributed by atoms with Crippen molar-refractivity contribution in [2.45, 2.75) is 25.4 Å². The quantitative estimate of drug-likeness (QED) is 0.769. The first-order valence-corrected chi connectivity index (χ1v) is 6.43. The first-order valence-electron chi connectivity index (χ1n) is 6.43. The molecule has 3 heteroatoms. The lowest BCUT2D eigenvalue weighted by atomic mass is 10.1. The van der Waals surface area contributed by atoms with E-state index in [1.54, 1.807) is 0 Å². The van der Waals surface area contributed by atoms with Crippen molar-refractivity contribution in [1.29, 1.82) is 0 Å². The number of para-hydroxylation sites is 1. The van der Waals surface area contributed by atoms with Gasteiger partial charge < -0.3 is 14.8 Å². The molecule has 1 atom stereocenters. The van der Waals surface area contributed by atoms with Crippen molar-refractivity contribution in [2.75, 3.05) is 31.7 Å². The highest BCUT2D eigenvalue weighted by Gasteiger charge is 2.13. The molecule has 17 heavy (non-hydrogen) atoms. The third-order valence-corrected chi connectivity index (χ3v) is 2.93. The summed E-state index contributed by atoms with van der Waals surface area (Å²) >= 11 is 0. The fourth-order valence-electron chi connectivity index (χ4n) is 1.98. The molecular weight excluding hydrogens is 214 g/mol. The molecular formula is C14H21NO2. The maximum atomic E-state index is 5.61. The summed E-state index contributed by atoms with van der Waals surface area (Å²) in [6.45, 7) is 3.21. The van der Waals surface area contributed by atoms with Crippen molar-refractivity contribution >= 4 is 5.69 Å². The average Bonchev–Trinajstić information content (AvgIpc) is 2.41. The Kier molecular flexibility index (Phi) is 5.33. The maximum Gasteiger partial charge on any atom is 0.0808 e. The zero-order valence-electron chi connectivity index (χ0n) is 10.2. The van der Waals surface area contributed by atoms with E-state index in [1.807, 2.05) is 18.2 Å². The first kappa shape index (κ1) is 12.4. The van der Waals surface area contributed by atoms with Crippen molar-refractivity contribution in [2.24, 2.45) is 0 Å². The van der Waals surface area contributed by atoms with Crippen molar-refractivity contribution in [3.05, 3.63) is 30.3 Å². The molecule has 1 fully saturated rings. The molecule has 0 amide bonds. The minimum absolute atomic E-state index is 0.320. The maximum absolute atomic E-state index is 5.61. The topological polar surface area (TPSA) is 30.5 Å². The van der Waals surface area contributed by atoms with E-state index in [2.05, 4.69) is 17.4 Å². The van der Waals surface area contributed by atoms with Crippen LogP contribution in [0, 0.1) is 0 Å². The molecule has 0 radical (unpaired) electrons. The molecule has 1 heterocycles. The van der Waals surface area contributed by atoms with Gasteiger partial charge in [-0.1, -0.05) is 18.2 Å². The molecule has 1 aromatic carbocycles. The summed E-state index contributed by atoms with van der Waals surface area (Å²) in [5, 5.41) is 3.32. The van der Waals surface area contributed by atoms with Crippen LogP contribution in [0.25, 0.3) is 0 Å². The van der Waals surface area contributed by atoms with Gasteiger partial charge in [0.2, 0.25) is 0 Å². The Morgan fingerprint density at radius 1 is 1.24 bits per heavy atom. The molecule has 1 saturated heterocycles. The molecule has 1 unspecified atom stereocenters. The highest BCUT2D eigenvalue weighted by atomic mass is 16.5. The second-order valence-electron chi connectivity index (χ2n) is 4.36. The van der Waals surface area contributed by atoms with Gasteiger partial charge in [0.15, 0.2) is 0 Å². The normalized spacial score (nSPS) is 20.1. The van der Waals surface area contributed by atoms with E-state index in [9.17, 15) is 0 Å². The van der Waals surface area contributed by atoms with Gasteiger partial charge in [-0.05, 0) is 31.4 Å². The summed E-state index contributed by atoms with van der Waals surface area (Å²) in [7, 11) is 0. The van der Waals surface area contributed by atoms with E-state index < -0.39 is 0 Å². The second kappa shape index (κ2) is 7.30. The summed E-state index contributed by atoms with van der Waals surface area (Å²) in [6.07, 6.45) is 3.94. The third kappa shape index (κ3) is 4.75. The van der Waals surface area contributed by atoms with Crippen LogP contribution in [0.4, 0.5) is 5.69 Å². The second-order valence-corrected chi connectivity index (χ2v) is 4.36. The van der Waals surface area contributed by atoms with E-state index in [0.717, 1.165) is 38.5 Å². The number of hydrogen-bond acceptors (Lipinski definition) is 3. The van der Waals surface area contributed by atoms with E-state index in [4.69, 9.17) is 9.47 Å². The van der Waals surface area contributed by atoms with Gasteiger partial charge in [0.1, 0.15) is 0 Å². The van der Waals surface area contributed by atoms with Gasteiger partial charge in [0, 0.05) is 18.8 Å². The molecule has 1 aromatic rings. The number of nitrogens with one attached hydrogen (secondary N) is 1. The van der Waals surface area contributed by atoms with E-state index in [-0.39, 0.29) is 0 Å². The minimum Gasteiger partial charge on any atom is -0.383 e. The fourth-order valence-corrected chi connectivity index (χ4v) is 1.98. The van der Waals surface area contributed by atoms with Gasteiger partial charge >= 0.3 is 0 Å². The zero-order chi connectivity index (χ0) is 11.8. The van der Waals surface area contributed by atoms with Crippen LogP contribution in [0.1, 0.15) is 19.3 Å². The summed E-state index contributed by atoms with van der Waals surface area (Å²) in [5.41, 5.74) is 1.14. The van der Waals surface area contributed by atoms with Crippen LogP contribution in [0.5, 0.6) is 0 Å².